The lowest BCUT2D eigenvalue weighted by atomic mass is 9.66. The van der Waals surface area contributed by atoms with Crippen molar-refractivity contribution in [3.63, 3.8) is 0 Å². The molecule has 2 heterocycles. The highest BCUT2D eigenvalue weighted by atomic mass is 16.3. The Bertz CT molecular complexity index is 5670. The van der Waals surface area contributed by atoms with Gasteiger partial charge in [-0.05, 0) is 171 Å². The van der Waals surface area contributed by atoms with Gasteiger partial charge in [-0.25, -0.2) is 0 Å². The molecule has 85 heavy (non-hydrogen) atoms. The van der Waals surface area contributed by atoms with Gasteiger partial charge >= 0.3 is 0 Å². The molecule has 17 aromatic rings. The summed E-state index contributed by atoms with van der Waals surface area (Å²) < 4.78 is 13.8. The minimum Gasteiger partial charge on any atom is -0.454 e. The van der Waals surface area contributed by atoms with Crippen LogP contribution in [0.15, 0.2) is 288 Å². The summed E-state index contributed by atoms with van der Waals surface area (Å²) >= 11 is 0. The van der Waals surface area contributed by atoms with Gasteiger partial charge in [-0.2, -0.15) is 0 Å². The number of benzene rings is 15. The Morgan fingerprint density at radius 2 is 0.718 bits per heavy atom. The molecule has 0 amide bonds. The molecule has 0 bridgehead atoms. The molecule has 0 aliphatic heterocycles. The van der Waals surface area contributed by atoms with Gasteiger partial charge in [0.25, 0.3) is 0 Å². The molecule has 4 nitrogen and oxygen atoms in total. The van der Waals surface area contributed by atoms with Crippen molar-refractivity contribution in [2.45, 2.75) is 19.3 Å². The Balaban J connectivity index is 0.885. The van der Waals surface area contributed by atoms with Gasteiger partial charge in [-0.15, -0.1) is 0 Å². The van der Waals surface area contributed by atoms with E-state index in [-0.39, 0.29) is 0 Å². The minimum atomic E-state index is -0.426. The average molecular weight is 1090 g/mol. The second kappa shape index (κ2) is 18.0. The van der Waals surface area contributed by atoms with Crippen LogP contribution in [-0.2, 0) is 5.41 Å². The van der Waals surface area contributed by atoms with Crippen molar-refractivity contribution in [2.75, 3.05) is 9.80 Å². The van der Waals surface area contributed by atoms with Gasteiger partial charge in [-0.3, -0.25) is 0 Å². The van der Waals surface area contributed by atoms with Crippen LogP contribution in [0.2, 0.25) is 0 Å². The third kappa shape index (κ3) is 7.03. The van der Waals surface area contributed by atoms with Crippen LogP contribution in [0, 0.1) is 0 Å². The van der Waals surface area contributed by atoms with Crippen LogP contribution in [-0.4, -0.2) is 0 Å². The summed E-state index contributed by atoms with van der Waals surface area (Å²) in [5.74, 6) is 0. The first kappa shape index (κ1) is 47.7. The van der Waals surface area contributed by atoms with E-state index in [2.05, 4.69) is 303 Å². The SMILES string of the molecule is CC1(C)c2cc(N(c3ccc4ccc5ccccc5c4c3)c3cccc4c3oc3ccccc34)ccc2-c2c(-c3ccccc3)c3ccc(N(c4ccc5ccc6ccccc6c5c4)c4cccc5c4oc4ccccc45)cc3c3cccc1c23. The van der Waals surface area contributed by atoms with Crippen LogP contribution >= 0.6 is 0 Å². The van der Waals surface area contributed by atoms with E-state index in [1.165, 1.54) is 98.0 Å². The second-order valence-corrected chi connectivity index (χ2v) is 23.5. The molecular weight excluding hydrogens is 1030 g/mol. The van der Waals surface area contributed by atoms with E-state index < -0.39 is 5.41 Å². The lowest BCUT2D eigenvalue weighted by Gasteiger charge is -2.38. The van der Waals surface area contributed by atoms with E-state index >= 15 is 0 Å². The van der Waals surface area contributed by atoms with Crippen molar-refractivity contribution < 1.29 is 8.83 Å². The van der Waals surface area contributed by atoms with E-state index in [1.807, 2.05) is 0 Å². The molecule has 0 N–H and O–H groups in total. The monoisotopic (exact) mass is 1080 g/mol. The fraction of sp³-hybridized carbons (Fsp3) is 0.0370. The third-order valence-electron chi connectivity index (χ3n) is 18.6. The number of hydrogen-bond donors (Lipinski definition) is 0. The standard InChI is InChI=1S/C81H52N2O2/c1-81(2)70-28-14-25-62-69-47-56(82(72-29-15-26-64-60-23-10-12-31-74(60)84-79(64)72)54-39-37-51-35-33-49-17-6-8-21-58(49)67(51)45-54)41-43-63(69)76(53-19-4-3-5-20-53)78(77(62)70)66-44-42-57(48-71(66)81)83(73-30-16-27-65-61-24-11-13-32-75(61)85-80(65)73)55-40-38-52-36-34-50-18-7-9-22-59(50)68(52)46-55/h3-48H,1-2H3. The first-order valence-corrected chi connectivity index (χ1v) is 29.4. The summed E-state index contributed by atoms with van der Waals surface area (Å²) in [6, 6.07) is 103. The van der Waals surface area contributed by atoms with Crippen molar-refractivity contribution in [2.24, 2.45) is 0 Å². The lowest BCUT2D eigenvalue weighted by Crippen LogP contribution is -2.24. The summed E-state index contributed by atoms with van der Waals surface area (Å²) in [5.41, 5.74) is 16.6. The van der Waals surface area contributed by atoms with Crippen LogP contribution in [0.3, 0.4) is 0 Å². The average Bonchev–Trinajstić information content (AvgIpc) is 1.45. The maximum absolute atomic E-state index is 6.90. The van der Waals surface area contributed by atoms with Gasteiger partial charge < -0.3 is 18.6 Å². The van der Waals surface area contributed by atoms with Crippen LogP contribution in [0.25, 0.3) is 131 Å². The molecule has 0 atom stereocenters. The first-order chi connectivity index (χ1) is 41.9. The number of para-hydroxylation sites is 4. The summed E-state index contributed by atoms with van der Waals surface area (Å²) in [6.07, 6.45) is 0. The number of nitrogens with zero attached hydrogens (tertiary/aromatic N) is 2. The molecule has 0 radical (unpaired) electrons. The summed E-state index contributed by atoms with van der Waals surface area (Å²) in [4.78, 5) is 4.84. The molecule has 0 fully saturated rings. The highest BCUT2D eigenvalue weighted by Crippen LogP contribution is 2.57. The number of rotatable bonds is 7. The Morgan fingerprint density at radius 1 is 0.282 bits per heavy atom. The van der Waals surface area contributed by atoms with Gasteiger partial charge in [0.05, 0.1) is 11.4 Å². The highest BCUT2D eigenvalue weighted by molar-refractivity contribution is 6.25. The van der Waals surface area contributed by atoms with Gasteiger partial charge in [0.15, 0.2) is 11.2 Å². The van der Waals surface area contributed by atoms with E-state index in [0.717, 1.165) is 78.0 Å². The largest absolute Gasteiger partial charge is 0.454 e. The number of furan rings is 2. The molecule has 15 aromatic carbocycles. The quantitative estimate of drug-likeness (QED) is 0.149. The fourth-order valence-electron chi connectivity index (χ4n) is 14.6. The van der Waals surface area contributed by atoms with Crippen molar-refractivity contribution in [3.05, 3.63) is 290 Å². The predicted molar refractivity (Wildman–Crippen MR) is 358 cm³/mol. The predicted octanol–water partition coefficient (Wildman–Crippen LogP) is 23.3. The summed E-state index contributed by atoms with van der Waals surface area (Å²) in [7, 11) is 0. The van der Waals surface area contributed by atoms with Crippen LogP contribution < -0.4 is 9.80 Å². The number of hydrogen-bond acceptors (Lipinski definition) is 4. The van der Waals surface area contributed by atoms with E-state index in [9.17, 15) is 0 Å². The van der Waals surface area contributed by atoms with Crippen LogP contribution in [0.5, 0.6) is 0 Å². The van der Waals surface area contributed by atoms with Gasteiger partial charge in [0.1, 0.15) is 11.2 Å². The molecule has 1 aliphatic carbocycles. The smallest absolute Gasteiger partial charge is 0.159 e. The first-order valence-electron chi connectivity index (χ1n) is 29.4. The molecular formula is C81H52N2O2. The maximum Gasteiger partial charge on any atom is 0.159 e. The Labute approximate surface area is 490 Å². The second-order valence-electron chi connectivity index (χ2n) is 23.5. The van der Waals surface area contributed by atoms with Crippen LogP contribution in [0.1, 0.15) is 25.0 Å². The van der Waals surface area contributed by atoms with E-state index in [0.29, 0.717) is 0 Å². The topological polar surface area (TPSA) is 32.8 Å². The Hall–Kier alpha value is -10.9. The third-order valence-corrected chi connectivity index (χ3v) is 18.6. The summed E-state index contributed by atoms with van der Waals surface area (Å²) in [5, 5.41) is 19.0. The minimum absolute atomic E-state index is 0.426. The molecule has 0 spiro atoms. The zero-order valence-corrected chi connectivity index (χ0v) is 46.8. The molecule has 398 valence electrons. The molecule has 18 rings (SSSR count). The Morgan fingerprint density at radius 3 is 1.31 bits per heavy atom. The zero-order chi connectivity index (χ0) is 56.1. The molecule has 0 saturated carbocycles. The molecule has 0 unspecified atom stereocenters. The van der Waals surface area contributed by atoms with Gasteiger partial charge in [0, 0.05) is 49.7 Å². The van der Waals surface area contributed by atoms with Crippen molar-refractivity contribution in [1.82, 2.24) is 0 Å². The number of fused-ring (bicyclic) bond motifs is 16. The van der Waals surface area contributed by atoms with Gasteiger partial charge in [-0.1, -0.05) is 220 Å². The van der Waals surface area contributed by atoms with Crippen molar-refractivity contribution in [1.29, 1.82) is 0 Å². The highest BCUT2D eigenvalue weighted by Gasteiger charge is 2.37. The normalized spacial score (nSPS) is 12.9. The fourth-order valence-corrected chi connectivity index (χ4v) is 14.6. The van der Waals surface area contributed by atoms with Gasteiger partial charge in [0.2, 0.25) is 0 Å². The maximum atomic E-state index is 6.90. The zero-order valence-electron chi connectivity index (χ0n) is 46.8. The van der Waals surface area contributed by atoms with Crippen LogP contribution in [0.4, 0.5) is 34.1 Å². The molecule has 4 heteroatoms. The molecule has 0 saturated heterocycles. The summed E-state index contributed by atoms with van der Waals surface area (Å²) in [6.45, 7) is 4.84. The van der Waals surface area contributed by atoms with E-state index in [1.54, 1.807) is 0 Å². The molecule has 1 aliphatic rings. The Kier molecular flexibility index (Phi) is 10.1. The number of anilines is 6. The van der Waals surface area contributed by atoms with Crippen molar-refractivity contribution >= 4 is 143 Å². The molecule has 2 aromatic heterocycles. The van der Waals surface area contributed by atoms with E-state index in [4.69, 9.17) is 8.83 Å². The van der Waals surface area contributed by atoms with Crippen molar-refractivity contribution in [3.8, 4) is 22.3 Å². The lowest BCUT2D eigenvalue weighted by molar-refractivity contribution is 0.645.